The van der Waals surface area contributed by atoms with E-state index in [0.717, 1.165) is 13.1 Å². The molecule has 1 unspecified atom stereocenters. The molecule has 1 atom stereocenters. The minimum Gasteiger partial charge on any atom is -0.379 e. The number of benzene rings is 1. The van der Waals surface area contributed by atoms with Crippen molar-refractivity contribution in [2.24, 2.45) is 5.92 Å². The van der Waals surface area contributed by atoms with Crippen LogP contribution in [0.1, 0.15) is 24.2 Å². The number of amides is 1. The Morgan fingerprint density at radius 1 is 1.42 bits per heavy atom. The molecule has 0 aliphatic carbocycles. The third-order valence-electron chi connectivity index (χ3n) is 4.16. The lowest BCUT2D eigenvalue weighted by Gasteiger charge is -2.36. The van der Waals surface area contributed by atoms with E-state index in [-0.39, 0.29) is 28.2 Å². The zero-order valence-electron chi connectivity index (χ0n) is 13.8. The fraction of sp³-hybridized carbons (Fsp3) is 0.562. The molecule has 2 rings (SSSR count). The maximum Gasteiger partial charge on any atom is 0.270 e. The van der Waals surface area contributed by atoms with Gasteiger partial charge in [-0.1, -0.05) is 25.4 Å². The van der Waals surface area contributed by atoms with Crippen LogP contribution in [-0.4, -0.2) is 54.6 Å². The first-order valence-corrected chi connectivity index (χ1v) is 8.32. The van der Waals surface area contributed by atoms with Crippen molar-refractivity contribution in [3.05, 3.63) is 38.9 Å². The Balaban J connectivity index is 2.01. The van der Waals surface area contributed by atoms with E-state index in [2.05, 4.69) is 24.1 Å². The van der Waals surface area contributed by atoms with Crippen molar-refractivity contribution in [3.8, 4) is 0 Å². The average Bonchev–Trinajstić information content (AvgIpc) is 2.55. The van der Waals surface area contributed by atoms with Gasteiger partial charge >= 0.3 is 0 Å². The van der Waals surface area contributed by atoms with Crippen molar-refractivity contribution >= 4 is 23.2 Å². The summed E-state index contributed by atoms with van der Waals surface area (Å²) in [7, 11) is 0. The van der Waals surface area contributed by atoms with E-state index < -0.39 is 4.92 Å². The quantitative estimate of drug-likeness (QED) is 0.625. The number of nitro groups is 1. The molecule has 1 heterocycles. The van der Waals surface area contributed by atoms with Crippen molar-refractivity contribution in [1.82, 2.24) is 10.2 Å². The molecule has 7 nitrogen and oxygen atoms in total. The number of ether oxygens (including phenoxy) is 1. The van der Waals surface area contributed by atoms with Gasteiger partial charge in [-0.3, -0.25) is 19.8 Å². The van der Waals surface area contributed by atoms with Gasteiger partial charge in [-0.2, -0.15) is 0 Å². The predicted molar refractivity (Wildman–Crippen MR) is 91.5 cm³/mol. The number of morpholine rings is 1. The summed E-state index contributed by atoms with van der Waals surface area (Å²) >= 11 is 6.00. The summed E-state index contributed by atoms with van der Waals surface area (Å²) in [5.74, 6) is 0.0459. The van der Waals surface area contributed by atoms with Crippen molar-refractivity contribution in [2.45, 2.75) is 19.9 Å². The summed E-state index contributed by atoms with van der Waals surface area (Å²) in [6, 6.07) is 4.06. The molecule has 0 spiro atoms. The number of non-ortho nitro benzene ring substituents is 1. The van der Waals surface area contributed by atoms with Gasteiger partial charge in [-0.15, -0.1) is 0 Å². The number of nitro benzene ring substituents is 1. The summed E-state index contributed by atoms with van der Waals surface area (Å²) < 4.78 is 5.37. The van der Waals surface area contributed by atoms with Crippen molar-refractivity contribution < 1.29 is 14.5 Å². The van der Waals surface area contributed by atoms with Crippen LogP contribution in [-0.2, 0) is 4.74 Å². The molecule has 0 bridgehead atoms. The average molecular weight is 356 g/mol. The van der Waals surface area contributed by atoms with Gasteiger partial charge < -0.3 is 10.1 Å². The van der Waals surface area contributed by atoms with E-state index in [1.54, 1.807) is 0 Å². The molecule has 1 aliphatic heterocycles. The molecule has 1 saturated heterocycles. The topological polar surface area (TPSA) is 84.7 Å². The van der Waals surface area contributed by atoms with Gasteiger partial charge in [0.1, 0.15) is 0 Å². The number of carbonyl (C=O) groups excluding carboxylic acids is 1. The van der Waals surface area contributed by atoms with Gasteiger partial charge in [0.25, 0.3) is 11.6 Å². The van der Waals surface area contributed by atoms with Crippen LogP contribution in [0.5, 0.6) is 0 Å². The maximum atomic E-state index is 12.3. The Morgan fingerprint density at radius 2 is 2.08 bits per heavy atom. The number of carbonyl (C=O) groups is 1. The van der Waals surface area contributed by atoms with Crippen molar-refractivity contribution in [2.75, 3.05) is 32.8 Å². The largest absolute Gasteiger partial charge is 0.379 e. The number of rotatable bonds is 6. The maximum absolute atomic E-state index is 12.3. The molecular weight excluding hydrogens is 334 g/mol. The van der Waals surface area contributed by atoms with Gasteiger partial charge in [0.05, 0.1) is 28.7 Å². The van der Waals surface area contributed by atoms with E-state index in [4.69, 9.17) is 16.3 Å². The standard InChI is InChI=1S/C16H22ClN3O4/c1-11(2)15(19-5-7-24-8-6-19)10-18-16(21)13-4-3-12(20(22)23)9-14(13)17/h3-4,9,11,15H,5-8,10H2,1-2H3,(H,18,21). The lowest BCUT2D eigenvalue weighted by molar-refractivity contribution is -0.384. The molecule has 1 aromatic rings. The predicted octanol–water partition coefficient (Wildman–Crippen LogP) is 2.33. The molecule has 8 heteroatoms. The molecule has 1 amide bonds. The SMILES string of the molecule is CC(C)C(CNC(=O)c1ccc([N+](=O)[O-])cc1Cl)N1CCOCC1. The molecule has 1 aliphatic rings. The van der Waals surface area contributed by atoms with E-state index in [0.29, 0.717) is 25.7 Å². The molecule has 24 heavy (non-hydrogen) atoms. The van der Waals surface area contributed by atoms with Crippen LogP contribution < -0.4 is 5.32 Å². The van der Waals surface area contributed by atoms with Crippen LogP contribution in [0, 0.1) is 16.0 Å². The molecular formula is C16H22ClN3O4. The Hall–Kier alpha value is -1.70. The van der Waals surface area contributed by atoms with E-state index in [1.165, 1.54) is 18.2 Å². The highest BCUT2D eigenvalue weighted by atomic mass is 35.5. The van der Waals surface area contributed by atoms with Gasteiger partial charge in [-0.25, -0.2) is 0 Å². The lowest BCUT2D eigenvalue weighted by Crippen LogP contribution is -2.51. The minimum atomic E-state index is -0.541. The second kappa shape index (κ2) is 8.41. The summed E-state index contributed by atoms with van der Waals surface area (Å²) in [6.45, 7) is 7.81. The first-order valence-electron chi connectivity index (χ1n) is 7.94. The molecule has 132 valence electrons. The normalized spacial score (nSPS) is 16.8. The molecule has 0 saturated carbocycles. The zero-order chi connectivity index (χ0) is 17.7. The Morgan fingerprint density at radius 3 is 2.62 bits per heavy atom. The second-order valence-electron chi connectivity index (χ2n) is 6.09. The number of nitrogens with one attached hydrogen (secondary N) is 1. The van der Waals surface area contributed by atoms with E-state index in [9.17, 15) is 14.9 Å². The Labute approximate surface area is 146 Å². The highest BCUT2D eigenvalue weighted by Crippen LogP contribution is 2.22. The summed E-state index contributed by atoms with van der Waals surface area (Å²) in [5, 5.41) is 13.7. The number of nitrogens with zero attached hydrogens (tertiary/aromatic N) is 2. The molecule has 0 radical (unpaired) electrons. The smallest absolute Gasteiger partial charge is 0.270 e. The fourth-order valence-electron chi connectivity index (χ4n) is 2.79. The van der Waals surface area contributed by atoms with Gasteiger partial charge in [-0.05, 0) is 12.0 Å². The summed E-state index contributed by atoms with van der Waals surface area (Å²) in [6.07, 6.45) is 0. The van der Waals surface area contributed by atoms with Crippen LogP contribution in [0.2, 0.25) is 5.02 Å². The minimum absolute atomic E-state index is 0.0779. The molecule has 0 aromatic heterocycles. The molecule has 1 N–H and O–H groups in total. The van der Waals surface area contributed by atoms with Crippen LogP contribution in [0.15, 0.2) is 18.2 Å². The third kappa shape index (κ3) is 4.66. The van der Waals surface area contributed by atoms with Gasteiger partial charge in [0.15, 0.2) is 0 Å². The van der Waals surface area contributed by atoms with E-state index in [1.807, 2.05) is 0 Å². The van der Waals surface area contributed by atoms with E-state index >= 15 is 0 Å². The van der Waals surface area contributed by atoms with Gasteiger partial charge in [0.2, 0.25) is 0 Å². The number of hydrogen-bond donors (Lipinski definition) is 1. The number of halogens is 1. The van der Waals surface area contributed by atoms with Crippen LogP contribution >= 0.6 is 11.6 Å². The van der Waals surface area contributed by atoms with Crippen molar-refractivity contribution in [1.29, 1.82) is 0 Å². The Kier molecular flexibility index (Phi) is 6.53. The van der Waals surface area contributed by atoms with Crippen molar-refractivity contribution in [3.63, 3.8) is 0 Å². The summed E-state index contributed by atoms with van der Waals surface area (Å²) in [4.78, 5) is 24.8. The highest BCUT2D eigenvalue weighted by Gasteiger charge is 2.25. The first kappa shape index (κ1) is 18.6. The van der Waals surface area contributed by atoms with Gasteiger partial charge in [0, 0.05) is 37.8 Å². The zero-order valence-corrected chi connectivity index (χ0v) is 14.6. The summed E-state index contributed by atoms with van der Waals surface area (Å²) in [5.41, 5.74) is 0.108. The number of hydrogen-bond acceptors (Lipinski definition) is 5. The molecule has 1 aromatic carbocycles. The fourth-order valence-corrected chi connectivity index (χ4v) is 3.05. The van der Waals surface area contributed by atoms with Crippen LogP contribution in [0.3, 0.4) is 0 Å². The van der Waals surface area contributed by atoms with Crippen LogP contribution in [0.4, 0.5) is 5.69 Å². The third-order valence-corrected chi connectivity index (χ3v) is 4.48. The molecule has 1 fully saturated rings. The second-order valence-corrected chi connectivity index (χ2v) is 6.50. The lowest BCUT2D eigenvalue weighted by atomic mass is 10.0. The Bertz CT molecular complexity index is 603. The monoisotopic (exact) mass is 355 g/mol. The van der Waals surface area contributed by atoms with Crippen LogP contribution in [0.25, 0.3) is 0 Å². The highest BCUT2D eigenvalue weighted by molar-refractivity contribution is 6.34. The first-order chi connectivity index (χ1) is 11.4.